The van der Waals surface area contributed by atoms with Crippen molar-refractivity contribution in [2.45, 2.75) is 64.6 Å². The van der Waals surface area contributed by atoms with Crippen molar-refractivity contribution >= 4 is 23.7 Å². The van der Waals surface area contributed by atoms with Crippen LogP contribution in [0.25, 0.3) is 0 Å². The average Bonchev–Trinajstić information content (AvgIpc) is 3.18. The van der Waals surface area contributed by atoms with E-state index in [2.05, 4.69) is 24.1 Å². The highest BCUT2D eigenvalue weighted by molar-refractivity contribution is 7.99. The number of nitrogens with zero attached hydrogens (tertiary/aromatic N) is 3. The fraction of sp³-hybridized carbons (Fsp3) is 0.522. The van der Waals surface area contributed by atoms with Gasteiger partial charge in [-0.1, -0.05) is 51.1 Å². The largest absolute Gasteiger partial charge is 0.494 e. The Labute approximate surface area is 188 Å². The lowest BCUT2D eigenvalue weighted by Crippen LogP contribution is -2.29. The van der Waals surface area contributed by atoms with Crippen molar-refractivity contribution in [1.82, 2.24) is 14.8 Å². The normalized spacial score (nSPS) is 15.4. The van der Waals surface area contributed by atoms with Gasteiger partial charge in [0.1, 0.15) is 11.8 Å². The third kappa shape index (κ3) is 5.61. The number of allylic oxidation sites excluding steroid dienone is 1. The van der Waals surface area contributed by atoms with E-state index in [1.807, 2.05) is 38.1 Å². The summed E-state index contributed by atoms with van der Waals surface area (Å²) in [7, 11) is 0. The van der Waals surface area contributed by atoms with E-state index in [0.717, 1.165) is 48.4 Å². The molecule has 1 unspecified atom stereocenters. The molecule has 1 aromatic heterocycles. The van der Waals surface area contributed by atoms with Gasteiger partial charge in [-0.15, -0.1) is 5.10 Å². The van der Waals surface area contributed by atoms with Crippen LogP contribution in [0.2, 0.25) is 0 Å². The van der Waals surface area contributed by atoms with Gasteiger partial charge in [-0.3, -0.25) is 0 Å². The van der Waals surface area contributed by atoms with Crippen LogP contribution in [0, 0.1) is 0 Å². The SMILES string of the molecule is CCCCOc1ccc(C2C(C(=O)OCCC)=C(C)Nc3nc(SCCC)nn32)cc1. The van der Waals surface area contributed by atoms with E-state index in [-0.39, 0.29) is 5.97 Å². The summed E-state index contributed by atoms with van der Waals surface area (Å²) < 4.78 is 13.1. The molecule has 0 radical (unpaired) electrons. The van der Waals surface area contributed by atoms with Crippen LogP contribution in [0.1, 0.15) is 65.0 Å². The molecule has 1 aliphatic rings. The smallest absolute Gasteiger partial charge is 0.338 e. The van der Waals surface area contributed by atoms with E-state index in [1.165, 1.54) is 0 Å². The molecule has 31 heavy (non-hydrogen) atoms. The highest BCUT2D eigenvalue weighted by Gasteiger charge is 2.35. The topological polar surface area (TPSA) is 78.3 Å². The predicted octanol–water partition coefficient (Wildman–Crippen LogP) is 5.20. The number of rotatable bonds is 11. The summed E-state index contributed by atoms with van der Waals surface area (Å²) >= 11 is 1.61. The number of carbonyl (C=O) groups is 1. The maximum atomic E-state index is 13.0. The van der Waals surface area contributed by atoms with E-state index in [0.29, 0.717) is 29.9 Å². The Morgan fingerprint density at radius 2 is 1.90 bits per heavy atom. The molecule has 0 saturated heterocycles. The van der Waals surface area contributed by atoms with Crippen LogP contribution < -0.4 is 10.1 Å². The van der Waals surface area contributed by atoms with Gasteiger partial charge >= 0.3 is 5.97 Å². The van der Waals surface area contributed by atoms with E-state index in [4.69, 9.17) is 14.6 Å². The van der Waals surface area contributed by atoms with Crippen LogP contribution in [0.3, 0.4) is 0 Å². The molecule has 0 spiro atoms. The monoisotopic (exact) mass is 444 g/mol. The van der Waals surface area contributed by atoms with Gasteiger partial charge in [-0.25, -0.2) is 9.48 Å². The highest BCUT2D eigenvalue weighted by atomic mass is 32.2. The first-order chi connectivity index (χ1) is 15.1. The predicted molar refractivity (Wildman–Crippen MR) is 124 cm³/mol. The maximum absolute atomic E-state index is 13.0. The number of fused-ring (bicyclic) bond motifs is 1. The van der Waals surface area contributed by atoms with Crippen LogP contribution in [0.15, 0.2) is 40.7 Å². The summed E-state index contributed by atoms with van der Waals surface area (Å²) in [6.45, 7) is 9.21. The zero-order valence-corrected chi connectivity index (χ0v) is 19.6. The van der Waals surface area contributed by atoms with Crippen molar-refractivity contribution in [2.75, 3.05) is 24.3 Å². The van der Waals surface area contributed by atoms with Crippen molar-refractivity contribution in [1.29, 1.82) is 0 Å². The third-order valence-corrected chi connectivity index (χ3v) is 5.93. The minimum absolute atomic E-state index is 0.330. The van der Waals surface area contributed by atoms with Crippen molar-refractivity contribution in [3.63, 3.8) is 0 Å². The number of anilines is 1. The van der Waals surface area contributed by atoms with E-state index < -0.39 is 6.04 Å². The Hall–Kier alpha value is -2.48. The molecule has 0 aliphatic carbocycles. The van der Waals surface area contributed by atoms with Gasteiger partial charge in [0.25, 0.3) is 0 Å². The Balaban J connectivity index is 1.95. The highest BCUT2D eigenvalue weighted by Crippen LogP contribution is 2.37. The first-order valence-corrected chi connectivity index (χ1v) is 12.0. The number of carbonyl (C=O) groups excluding carboxylic acids is 1. The summed E-state index contributed by atoms with van der Waals surface area (Å²) in [6.07, 6.45) is 3.92. The number of hydrogen-bond acceptors (Lipinski definition) is 7. The molecule has 7 nitrogen and oxygen atoms in total. The number of ether oxygens (including phenoxy) is 2. The molecule has 3 rings (SSSR count). The number of nitrogens with one attached hydrogen (secondary N) is 1. The molecule has 0 amide bonds. The Bertz CT molecular complexity index is 908. The average molecular weight is 445 g/mol. The lowest BCUT2D eigenvalue weighted by Gasteiger charge is -2.28. The van der Waals surface area contributed by atoms with Gasteiger partial charge in [-0.05, 0) is 43.9 Å². The van der Waals surface area contributed by atoms with E-state index >= 15 is 0 Å². The van der Waals surface area contributed by atoms with E-state index in [9.17, 15) is 4.79 Å². The van der Waals surface area contributed by atoms with Crippen LogP contribution in [0.5, 0.6) is 5.75 Å². The quantitative estimate of drug-likeness (QED) is 0.290. The minimum Gasteiger partial charge on any atom is -0.494 e. The summed E-state index contributed by atoms with van der Waals surface area (Å²) in [5.41, 5.74) is 2.23. The lowest BCUT2D eigenvalue weighted by atomic mass is 9.96. The molecule has 168 valence electrons. The van der Waals surface area contributed by atoms with Gasteiger partial charge in [-0.2, -0.15) is 4.98 Å². The third-order valence-electron chi connectivity index (χ3n) is 4.89. The van der Waals surface area contributed by atoms with Crippen LogP contribution in [-0.2, 0) is 9.53 Å². The van der Waals surface area contributed by atoms with Gasteiger partial charge < -0.3 is 14.8 Å². The zero-order valence-electron chi connectivity index (χ0n) is 18.8. The summed E-state index contributed by atoms with van der Waals surface area (Å²) in [4.78, 5) is 17.6. The van der Waals surface area contributed by atoms with Crippen molar-refractivity contribution < 1.29 is 14.3 Å². The minimum atomic E-state index is -0.409. The van der Waals surface area contributed by atoms with Crippen LogP contribution in [0.4, 0.5) is 5.95 Å². The Morgan fingerprint density at radius 1 is 1.13 bits per heavy atom. The number of hydrogen-bond donors (Lipinski definition) is 1. The number of aromatic nitrogens is 3. The van der Waals surface area contributed by atoms with Gasteiger partial charge in [0.15, 0.2) is 0 Å². The molecule has 2 heterocycles. The molecular weight excluding hydrogens is 412 g/mol. The standard InChI is InChI=1S/C23H32N4O3S/c1-5-8-14-29-18-11-9-17(10-12-18)20-19(21(28)30-13-6-2)16(4)24-22-25-23(26-27(20)22)31-15-7-3/h9-12,20H,5-8,13-15H2,1-4H3,(H,24,25,26). The zero-order chi connectivity index (χ0) is 22.2. The second kappa shape index (κ2) is 11.2. The van der Waals surface area contributed by atoms with Crippen molar-refractivity contribution in [2.24, 2.45) is 0 Å². The maximum Gasteiger partial charge on any atom is 0.338 e. The second-order valence-corrected chi connectivity index (χ2v) is 8.55. The molecular formula is C23H32N4O3S. The van der Waals surface area contributed by atoms with E-state index in [1.54, 1.807) is 16.4 Å². The molecule has 0 fully saturated rings. The molecule has 8 heteroatoms. The summed E-state index contributed by atoms with van der Waals surface area (Å²) in [5.74, 6) is 2.07. The second-order valence-electron chi connectivity index (χ2n) is 7.48. The first-order valence-electron chi connectivity index (χ1n) is 11.1. The fourth-order valence-corrected chi connectivity index (χ4v) is 4.00. The number of esters is 1. The van der Waals surface area contributed by atoms with Crippen LogP contribution >= 0.6 is 11.8 Å². The molecule has 0 saturated carbocycles. The summed E-state index contributed by atoms with van der Waals surface area (Å²) in [6, 6.07) is 7.46. The molecule has 1 aliphatic heterocycles. The number of benzene rings is 1. The van der Waals surface area contributed by atoms with Crippen molar-refractivity contribution in [3.05, 3.63) is 41.1 Å². The fourth-order valence-electron chi connectivity index (χ4n) is 3.31. The van der Waals surface area contributed by atoms with Gasteiger partial charge in [0.05, 0.1) is 18.8 Å². The molecule has 0 bridgehead atoms. The lowest BCUT2D eigenvalue weighted by molar-refractivity contribution is -0.139. The Morgan fingerprint density at radius 3 is 2.58 bits per heavy atom. The van der Waals surface area contributed by atoms with Crippen LogP contribution in [-0.4, -0.2) is 39.7 Å². The van der Waals surface area contributed by atoms with Crippen molar-refractivity contribution in [3.8, 4) is 5.75 Å². The Kier molecular flexibility index (Phi) is 8.40. The molecule has 1 aromatic carbocycles. The number of unbranched alkanes of at least 4 members (excludes halogenated alkanes) is 1. The summed E-state index contributed by atoms with van der Waals surface area (Å²) in [5, 5.41) is 8.65. The van der Waals surface area contributed by atoms with Gasteiger partial charge in [0, 0.05) is 11.4 Å². The van der Waals surface area contributed by atoms with Gasteiger partial charge in [0.2, 0.25) is 11.1 Å². The molecule has 2 aromatic rings. The number of thioether (sulfide) groups is 1. The first kappa shape index (κ1) is 23.2. The molecule has 1 N–H and O–H groups in total. The molecule has 1 atom stereocenters.